The molecule has 1 aromatic rings. The first-order valence-corrected chi connectivity index (χ1v) is 6.87. The van der Waals surface area contributed by atoms with Crippen molar-refractivity contribution in [3.8, 4) is 0 Å². The third-order valence-electron chi connectivity index (χ3n) is 4.04. The van der Waals surface area contributed by atoms with Gasteiger partial charge < -0.3 is 0 Å². The van der Waals surface area contributed by atoms with E-state index in [1.807, 2.05) is 0 Å². The van der Waals surface area contributed by atoms with E-state index in [0.717, 1.165) is 0 Å². The van der Waals surface area contributed by atoms with E-state index >= 15 is 0 Å². The maximum absolute atomic E-state index is 2.49. The number of hydrogen-bond acceptors (Lipinski definition) is 0. The summed E-state index contributed by atoms with van der Waals surface area (Å²) in [7, 11) is 0. The van der Waals surface area contributed by atoms with Crippen LogP contribution in [0.5, 0.6) is 0 Å². The average molecular weight is 226 g/mol. The summed E-state index contributed by atoms with van der Waals surface area (Å²) in [5, 5.41) is 0. The minimum Gasteiger partial charge on any atom is -0.0764 e. The molecule has 0 heteroatoms. The zero-order valence-corrected chi connectivity index (χ0v) is 11.2. The summed E-state index contributed by atoms with van der Waals surface area (Å²) in [5.74, 6) is 0.649. The lowest BCUT2D eigenvalue weighted by atomic mass is 9.82. The Labute approximate surface area is 105 Å². The summed E-state index contributed by atoms with van der Waals surface area (Å²) in [4.78, 5) is 0. The Morgan fingerprint density at radius 1 is 1.12 bits per heavy atom. The Hall–Kier alpha value is -1.04. The van der Waals surface area contributed by atoms with Crippen LogP contribution in [-0.4, -0.2) is 0 Å². The molecule has 0 nitrogen and oxygen atoms in total. The predicted octanol–water partition coefficient (Wildman–Crippen LogP) is 4.72. The van der Waals surface area contributed by atoms with E-state index in [-0.39, 0.29) is 0 Å². The van der Waals surface area contributed by atoms with Crippen LogP contribution in [0.15, 0.2) is 18.2 Å². The second-order valence-corrected chi connectivity index (χ2v) is 6.83. The Kier molecular flexibility index (Phi) is 2.43. The Morgan fingerprint density at radius 3 is 2.53 bits per heavy atom. The third kappa shape index (κ3) is 2.06. The van der Waals surface area contributed by atoms with Crippen LogP contribution in [0.1, 0.15) is 61.8 Å². The molecule has 0 spiro atoms. The molecule has 1 aromatic carbocycles. The topological polar surface area (TPSA) is 0 Å². The highest BCUT2D eigenvalue weighted by molar-refractivity contribution is 5.65. The van der Waals surface area contributed by atoms with Crippen molar-refractivity contribution in [2.24, 2.45) is 5.41 Å². The Balaban J connectivity index is 1.94. The maximum atomic E-state index is 2.49. The smallest absolute Gasteiger partial charge is 0.00323 e. The quantitative estimate of drug-likeness (QED) is 0.650. The van der Waals surface area contributed by atoms with Crippen LogP contribution in [0.25, 0.3) is 6.08 Å². The van der Waals surface area contributed by atoms with Gasteiger partial charge in [0.1, 0.15) is 0 Å². The first-order valence-electron chi connectivity index (χ1n) is 6.87. The molecule has 0 aliphatic heterocycles. The molecule has 2 aliphatic rings. The fourth-order valence-corrected chi connectivity index (χ4v) is 3.29. The molecule has 2 aliphatic carbocycles. The van der Waals surface area contributed by atoms with Crippen molar-refractivity contribution in [3.63, 3.8) is 0 Å². The summed E-state index contributed by atoms with van der Waals surface area (Å²) in [6, 6.07) is 4.94. The van der Waals surface area contributed by atoms with Crippen LogP contribution in [0.3, 0.4) is 0 Å². The molecule has 0 amide bonds. The van der Waals surface area contributed by atoms with E-state index in [0.29, 0.717) is 11.3 Å². The fraction of sp³-hybridized carbons (Fsp3) is 0.529. The molecule has 1 atom stereocenters. The van der Waals surface area contributed by atoms with Crippen molar-refractivity contribution in [2.75, 3.05) is 0 Å². The molecule has 0 heterocycles. The van der Waals surface area contributed by atoms with Crippen molar-refractivity contribution < 1.29 is 0 Å². The van der Waals surface area contributed by atoms with Crippen molar-refractivity contribution in [2.45, 2.75) is 52.4 Å². The van der Waals surface area contributed by atoms with E-state index < -0.39 is 0 Å². The first kappa shape index (κ1) is 11.1. The highest BCUT2D eigenvalue weighted by Crippen LogP contribution is 2.40. The van der Waals surface area contributed by atoms with Crippen molar-refractivity contribution in [1.29, 1.82) is 0 Å². The van der Waals surface area contributed by atoms with Crippen molar-refractivity contribution in [1.82, 2.24) is 0 Å². The lowest BCUT2D eigenvalue weighted by Crippen LogP contribution is -2.10. The Bertz CT molecular complexity index is 472. The van der Waals surface area contributed by atoms with Gasteiger partial charge in [-0.15, -0.1) is 0 Å². The number of rotatable bonds is 1. The van der Waals surface area contributed by atoms with Gasteiger partial charge in [-0.05, 0) is 53.4 Å². The van der Waals surface area contributed by atoms with Crippen LogP contribution in [0.4, 0.5) is 0 Å². The summed E-state index contributed by atoms with van der Waals surface area (Å²) >= 11 is 0. The van der Waals surface area contributed by atoms with E-state index in [2.05, 4.69) is 45.1 Å². The highest BCUT2D eigenvalue weighted by atomic mass is 14.3. The van der Waals surface area contributed by atoms with Gasteiger partial charge in [-0.1, -0.05) is 45.1 Å². The molecule has 0 radical (unpaired) electrons. The van der Waals surface area contributed by atoms with E-state index in [1.165, 1.54) is 31.2 Å². The van der Waals surface area contributed by atoms with E-state index in [1.54, 1.807) is 16.7 Å². The predicted molar refractivity (Wildman–Crippen MR) is 74.3 cm³/mol. The molecular formula is C17H22. The zero-order chi connectivity index (χ0) is 12.0. The monoisotopic (exact) mass is 226 g/mol. The molecule has 0 fully saturated rings. The van der Waals surface area contributed by atoms with Crippen LogP contribution in [-0.2, 0) is 12.8 Å². The second-order valence-electron chi connectivity index (χ2n) is 6.83. The highest BCUT2D eigenvalue weighted by Gasteiger charge is 2.25. The number of benzene rings is 1. The number of aryl methyl sites for hydroxylation is 2. The minimum atomic E-state index is 0.412. The molecular weight excluding hydrogens is 204 g/mol. The first-order chi connectivity index (χ1) is 8.03. The standard InChI is InChI=1S/C17H22/c1-17(2,3)11-15-8-7-14-9-12-5-4-6-13(12)10-16(14)15/h7-10,15H,4-6,11H2,1-3H3. The molecule has 17 heavy (non-hydrogen) atoms. The number of fused-ring (bicyclic) bond motifs is 2. The zero-order valence-electron chi connectivity index (χ0n) is 11.2. The van der Waals surface area contributed by atoms with Gasteiger partial charge in [0, 0.05) is 5.92 Å². The van der Waals surface area contributed by atoms with Crippen LogP contribution >= 0.6 is 0 Å². The van der Waals surface area contributed by atoms with Gasteiger partial charge in [0.05, 0.1) is 0 Å². The third-order valence-corrected chi connectivity index (χ3v) is 4.04. The maximum Gasteiger partial charge on any atom is 0.00323 e. The molecule has 0 bridgehead atoms. The normalized spacial score (nSPS) is 21.7. The molecule has 3 rings (SSSR count). The van der Waals surface area contributed by atoms with Gasteiger partial charge in [-0.3, -0.25) is 0 Å². The number of allylic oxidation sites excluding steroid dienone is 1. The summed E-state index contributed by atoms with van der Waals surface area (Å²) in [6.07, 6.45) is 9.95. The van der Waals surface area contributed by atoms with Crippen molar-refractivity contribution >= 4 is 6.08 Å². The van der Waals surface area contributed by atoms with Crippen LogP contribution in [0.2, 0.25) is 0 Å². The SMILES string of the molecule is CC(C)(C)CC1C=Cc2cc3c(cc21)CCC3. The molecule has 0 aromatic heterocycles. The lowest BCUT2D eigenvalue weighted by molar-refractivity contribution is 0.362. The average Bonchev–Trinajstić information content (AvgIpc) is 2.80. The van der Waals surface area contributed by atoms with Gasteiger partial charge in [-0.25, -0.2) is 0 Å². The van der Waals surface area contributed by atoms with Crippen molar-refractivity contribution in [3.05, 3.63) is 40.5 Å². The summed E-state index contributed by atoms with van der Waals surface area (Å²) < 4.78 is 0. The Morgan fingerprint density at radius 2 is 1.82 bits per heavy atom. The summed E-state index contributed by atoms with van der Waals surface area (Å²) in [5.41, 5.74) is 6.70. The van der Waals surface area contributed by atoms with Crippen LogP contribution < -0.4 is 0 Å². The molecule has 0 saturated heterocycles. The van der Waals surface area contributed by atoms with Crippen LogP contribution in [0, 0.1) is 5.41 Å². The van der Waals surface area contributed by atoms with Gasteiger partial charge in [-0.2, -0.15) is 0 Å². The molecule has 90 valence electrons. The van der Waals surface area contributed by atoms with Gasteiger partial charge in [0.25, 0.3) is 0 Å². The summed E-state index contributed by atoms with van der Waals surface area (Å²) in [6.45, 7) is 7.02. The molecule has 0 N–H and O–H groups in total. The molecule has 0 saturated carbocycles. The second kappa shape index (κ2) is 3.73. The van der Waals surface area contributed by atoms with Gasteiger partial charge in [0.2, 0.25) is 0 Å². The number of hydrogen-bond donors (Lipinski definition) is 0. The largest absolute Gasteiger partial charge is 0.0764 e. The fourth-order valence-electron chi connectivity index (χ4n) is 3.29. The lowest BCUT2D eigenvalue weighted by Gasteiger charge is -2.23. The molecule has 1 unspecified atom stereocenters. The van der Waals surface area contributed by atoms with E-state index in [4.69, 9.17) is 0 Å². The van der Waals surface area contributed by atoms with E-state index in [9.17, 15) is 0 Å². The van der Waals surface area contributed by atoms with Gasteiger partial charge >= 0.3 is 0 Å². The van der Waals surface area contributed by atoms with Gasteiger partial charge in [0.15, 0.2) is 0 Å². The minimum absolute atomic E-state index is 0.412.